The number of carbonyl (C=O) groups excluding carboxylic acids is 1. The van der Waals surface area contributed by atoms with Gasteiger partial charge in [-0.1, -0.05) is 23.7 Å². The third kappa shape index (κ3) is 4.41. The molecular weight excluding hydrogens is 386 g/mol. The summed E-state index contributed by atoms with van der Waals surface area (Å²) in [6, 6.07) is 18.9. The van der Waals surface area contributed by atoms with Gasteiger partial charge in [0.15, 0.2) is 6.61 Å². The SMILES string of the molecule is Cc1cccc(OCC(=O)Nc2ccc(-c3nc4cc(Cl)c(C)cc4[nH]3)cc2)c1. The number of carbonyl (C=O) groups is 1. The highest BCUT2D eigenvalue weighted by molar-refractivity contribution is 6.32. The average molecular weight is 406 g/mol. The number of nitrogens with zero attached hydrogens (tertiary/aromatic N) is 1. The molecule has 2 N–H and O–H groups in total. The number of aryl methyl sites for hydroxylation is 2. The summed E-state index contributed by atoms with van der Waals surface area (Å²) in [5.74, 6) is 1.21. The van der Waals surface area contributed by atoms with Gasteiger partial charge < -0.3 is 15.0 Å². The van der Waals surface area contributed by atoms with Gasteiger partial charge in [0, 0.05) is 16.3 Å². The number of amides is 1. The van der Waals surface area contributed by atoms with Gasteiger partial charge in [-0.25, -0.2) is 4.98 Å². The van der Waals surface area contributed by atoms with Crippen LogP contribution >= 0.6 is 11.6 Å². The van der Waals surface area contributed by atoms with Crippen molar-refractivity contribution in [2.45, 2.75) is 13.8 Å². The standard InChI is InChI=1S/C23H20ClN3O2/c1-14-4-3-5-18(10-14)29-13-22(28)25-17-8-6-16(7-9-17)23-26-20-11-15(2)19(24)12-21(20)27-23/h3-12H,13H2,1-2H3,(H,25,28)(H,26,27). The first-order valence-electron chi connectivity index (χ1n) is 9.23. The molecule has 0 unspecified atom stereocenters. The second-order valence-corrected chi connectivity index (χ2v) is 7.34. The van der Waals surface area contributed by atoms with Crippen molar-refractivity contribution in [1.82, 2.24) is 9.97 Å². The lowest BCUT2D eigenvalue weighted by atomic mass is 10.2. The van der Waals surface area contributed by atoms with E-state index in [4.69, 9.17) is 16.3 Å². The van der Waals surface area contributed by atoms with Crippen molar-refractivity contribution in [3.8, 4) is 17.1 Å². The van der Waals surface area contributed by atoms with Crippen LogP contribution < -0.4 is 10.1 Å². The zero-order valence-corrected chi connectivity index (χ0v) is 16.9. The van der Waals surface area contributed by atoms with E-state index in [0.717, 1.165) is 33.5 Å². The zero-order chi connectivity index (χ0) is 20.4. The molecule has 1 amide bonds. The molecular formula is C23H20ClN3O2. The Morgan fingerprint density at radius 3 is 2.66 bits per heavy atom. The molecule has 0 aliphatic carbocycles. The van der Waals surface area contributed by atoms with E-state index in [9.17, 15) is 4.79 Å². The Morgan fingerprint density at radius 2 is 1.90 bits per heavy atom. The van der Waals surface area contributed by atoms with Crippen molar-refractivity contribution in [1.29, 1.82) is 0 Å². The molecule has 0 spiro atoms. The number of imidazole rings is 1. The fourth-order valence-corrected chi connectivity index (χ4v) is 3.20. The van der Waals surface area contributed by atoms with Crippen molar-refractivity contribution >= 4 is 34.2 Å². The topological polar surface area (TPSA) is 67.0 Å². The van der Waals surface area contributed by atoms with Crippen LogP contribution in [-0.2, 0) is 4.79 Å². The second-order valence-electron chi connectivity index (χ2n) is 6.93. The van der Waals surface area contributed by atoms with Crippen LogP contribution in [0.5, 0.6) is 5.75 Å². The summed E-state index contributed by atoms with van der Waals surface area (Å²) in [7, 11) is 0. The minimum atomic E-state index is -0.215. The van der Waals surface area contributed by atoms with Crippen LogP contribution in [0, 0.1) is 13.8 Å². The number of nitrogens with one attached hydrogen (secondary N) is 2. The number of aromatic amines is 1. The molecule has 1 heterocycles. The number of H-pyrrole nitrogens is 1. The molecule has 0 aliphatic rings. The van der Waals surface area contributed by atoms with E-state index in [2.05, 4.69) is 15.3 Å². The van der Waals surface area contributed by atoms with Crippen LogP contribution in [0.25, 0.3) is 22.4 Å². The van der Waals surface area contributed by atoms with Crippen LogP contribution in [0.3, 0.4) is 0 Å². The summed E-state index contributed by atoms with van der Waals surface area (Å²) in [5, 5.41) is 3.53. The largest absolute Gasteiger partial charge is 0.484 e. The highest BCUT2D eigenvalue weighted by atomic mass is 35.5. The van der Waals surface area contributed by atoms with Gasteiger partial charge in [0.2, 0.25) is 0 Å². The van der Waals surface area contributed by atoms with E-state index in [1.54, 1.807) is 0 Å². The number of ether oxygens (including phenoxy) is 1. The highest BCUT2D eigenvalue weighted by Gasteiger charge is 2.09. The maximum atomic E-state index is 12.1. The number of anilines is 1. The fraction of sp³-hybridized carbons (Fsp3) is 0.130. The van der Waals surface area contributed by atoms with Gasteiger partial charge in [0.1, 0.15) is 11.6 Å². The van der Waals surface area contributed by atoms with Gasteiger partial charge in [-0.05, 0) is 73.5 Å². The van der Waals surface area contributed by atoms with E-state index in [1.165, 1.54) is 0 Å². The average Bonchev–Trinajstić information content (AvgIpc) is 3.10. The van der Waals surface area contributed by atoms with Gasteiger partial charge in [0.05, 0.1) is 11.0 Å². The van der Waals surface area contributed by atoms with Crippen molar-refractivity contribution in [2.75, 3.05) is 11.9 Å². The van der Waals surface area contributed by atoms with Crippen molar-refractivity contribution in [2.24, 2.45) is 0 Å². The highest BCUT2D eigenvalue weighted by Crippen LogP contribution is 2.26. The van der Waals surface area contributed by atoms with Gasteiger partial charge in [-0.15, -0.1) is 0 Å². The first-order valence-corrected chi connectivity index (χ1v) is 9.61. The summed E-state index contributed by atoms with van der Waals surface area (Å²) in [5.41, 5.74) is 5.46. The van der Waals surface area contributed by atoms with E-state index < -0.39 is 0 Å². The smallest absolute Gasteiger partial charge is 0.262 e. The molecule has 29 heavy (non-hydrogen) atoms. The molecule has 0 aliphatic heterocycles. The number of aromatic nitrogens is 2. The number of hydrogen-bond acceptors (Lipinski definition) is 3. The van der Waals surface area contributed by atoms with Crippen molar-refractivity contribution in [3.05, 3.63) is 76.8 Å². The molecule has 3 aromatic carbocycles. The zero-order valence-electron chi connectivity index (χ0n) is 16.1. The van der Waals surface area contributed by atoms with Gasteiger partial charge in [-0.3, -0.25) is 4.79 Å². The van der Waals surface area contributed by atoms with E-state index in [1.807, 2.05) is 74.5 Å². The number of rotatable bonds is 5. The monoisotopic (exact) mass is 405 g/mol. The number of benzene rings is 3. The molecule has 0 fully saturated rings. The van der Waals surface area contributed by atoms with E-state index in [-0.39, 0.29) is 12.5 Å². The third-order valence-corrected chi connectivity index (χ3v) is 4.97. The number of fused-ring (bicyclic) bond motifs is 1. The maximum Gasteiger partial charge on any atom is 0.262 e. The Kier molecular flexibility index (Phi) is 5.23. The summed E-state index contributed by atoms with van der Waals surface area (Å²) < 4.78 is 5.53. The minimum Gasteiger partial charge on any atom is -0.484 e. The lowest BCUT2D eigenvalue weighted by Crippen LogP contribution is -2.20. The Labute approximate surface area is 173 Å². The fourth-order valence-electron chi connectivity index (χ4n) is 3.04. The Bertz CT molecular complexity index is 1140. The third-order valence-electron chi connectivity index (χ3n) is 4.56. The van der Waals surface area contributed by atoms with Crippen LogP contribution in [0.4, 0.5) is 5.69 Å². The predicted octanol–water partition coefficient (Wildman–Crippen LogP) is 5.52. The second kappa shape index (κ2) is 7.97. The quantitative estimate of drug-likeness (QED) is 0.459. The van der Waals surface area contributed by atoms with E-state index >= 15 is 0 Å². The Hall–Kier alpha value is -3.31. The normalized spacial score (nSPS) is 10.9. The molecule has 0 saturated heterocycles. The molecule has 5 nitrogen and oxygen atoms in total. The molecule has 0 saturated carbocycles. The first-order chi connectivity index (χ1) is 14.0. The summed E-state index contributed by atoms with van der Waals surface area (Å²) in [6.07, 6.45) is 0. The first kappa shape index (κ1) is 19.0. The lowest BCUT2D eigenvalue weighted by molar-refractivity contribution is -0.118. The van der Waals surface area contributed by atoms with Gasteiger partial charge >= 0.3 is 0 Å². The summed E-state index contributed by atoms with van der Waals surface area (Å²) in [6.45, 7) is 3.89. The van der Waals surface area contributed by atoms with Crippen molar-refractivity contribution in [3.63, 3.8) is 0 Å². The van der Waals surface area contributed by atoms with Crippen molar-refractivity contribution < 1.29 is 9.53 Å². The molecule has 0 atom stereocenters. The Morgan fingerprint density at radius 1 is 1.10 bits per heavy atom. The molecule has 146 valence electrons. The number of halogens is 1. The molecule has 0 bridgehead atoms. The summed E-state index contributed by atoms with van der Waals surface area (Å²) in [4.78, 5) is 20.0. The van der Waals surface area contributed by atoms with Gasteiger partial charge in [0.25, 0.3) is 5.91 Å². The van der Waals surface area contributed by atoms with Crippen LogP contribution in [-0.4, -0.2) is 22.5 Å². The maximum absolute atomic E-state index is 12.1. The molecule has 4 rings (SSSR count). The molecule has 6 heteroatoms. The molecule has 1 aromatic heterocycles. The van der Waals surface area contributed by atoms with Crippen LogP contribution in [0.2, 0.25) is 5.02 Å². The lowest BCUT2D eigenvalue weighted by Gasteiger charge is -2.08. The van der Waals surface area contributed by atoms with E-state index in [0.29, 0.717) is 16.5 Å². The molecule has 0 radical (unpaired) electrons. The Balaban J connectivity index is 1.42. The van der Waals surface area contributed by atoms with Crippen LogP contribution in [0.1, 0.15) is 11.1 Å². The summed E-state index contributed by atoms with van der Waals surface area (Å²) >= 11 is 6.18. The predicted molar refractivity (Wildman–Crippen MR) is 117 cm³/mol. The number of hydrogen-bond donors (Lipinski definition) is 2. The minimum absolute atomic E-state index is 0.0467. The van der Waals surface area contributed by atoms with Gasteiger partial charge in [-0.2, -0.15) is 0 Å². The van der Waals surface area contributed by atoms with Crippen LogP contribution in [0.15, 0.2) is 60.7 Å². The molecule has 4 aromatic rings.